The van der Waals surface area contributed by atoms with Crippen molar-refractivity contribution in [2.24, 2.45) is 0 Å². The molecule has 0 saturated carbocycles. The number of nitrogens with one attached hydrogen (secondary N) is 1. The van der Waals surface area contributed by atoms with Crippen molar-refractivity contribution in [1.29, 1.82) is 0 Å². The third kappa shape index (κ3) is 4.80. The summed E-state index contributed by atoms with van der Waals surface area (Å²) in [6.07, 6.45) is 1.59. The number of furan rings is 1. The minimum Gasteiger partial charge on any atom is -0.497 e. The van der Waals surface area contributed by atoms with Crippen molar-refractivity contribution >= 4 is 17.7 Å². The van der Waals surface area contributed by atoms with Gasteiger partial charge in [0.05, 0.1) is 19.9 Å². The highest BCUT2D eigenvalue weighted by Gasteiger charge is 2.15. The summed E-state index contributed by atoms with van der Waals surface area (Å²) in [6.45, 7) is 2.26. The molecule has 0 fully saturated rings. The van der Waals surface area contributed by atoms with Gasteiger partial charge in [0.25, 0.3) is 5.91 Å². The third-order valence-electron chi connectivity index (χ3n) is 4.75. The molecule has 0 aliphatic carbocycles. The van der Waals surface area contributed by atoms with Crippen LogP contribution in [0.4, 0.5) is 0 Å². The summed E-state index contributed by atoms with van der Waals surface area (Å²) in [4.78, 5) is 12.7. The van der Waals surface area contributed by atoms with Crippen molar-refractivity contribution in [1.82, 2.24) is 20.1 Å². The van der Waals surface area contributed by atoms with Crippen molar-refractivity contribution in [2.75, 3.05) is 7.11 Å². The summed E-state index contributed by atoms with van der Waals surface area (Å²) in [6, 6.07) is 18.9. The molecular weight excluding hydrogens is 412 g/mol. The van der Waals surface area contributed by atoms with E-state index in [1.807, 2.05) is 66.1 Å². The number of hydrogen-bond donors (Lipinski definition) is 1. The van der Waals surface area contributed by atoms with E-state index in [-0.39, 0.29) is 5.91 Å². The Bertz CT molecular complexity index is 1150. The van der Waals surface area contributed by atoms with Gasteiger partial charge in [-0.2, -0.15) is 0 Å². The summed E-state index contributed by atoms with van der Waals surface area (Å²) >= 11 is 1.53. The van der Waals surface area contributed by atoms with Crippen LogP contribution in [0.15, 0.2) is 76.5 Å². The monoisotopic (exact) mass is 434 g/mol. The van der Waals surface area contributed by atoms with E-state index in [1.165, 1.54) is 11.8 Å². The lowest BCUT2D eigenvalue weighted by Crippen LogP contribution is -2.23. The van der Waals surface area contributed by atoms with Gasteiger partial charge in [-0.1, -0.05) is 30.0 Å². The second-order valence-electron chi connectivity index (χ2n) is 6.77. The average Bonchev–Trinajstić information content (AvgIpc) is 3.46. The summed E-state index contributed by atoms with van der Waals surface area (Å²) in [5.74, 6) is 2.73. The highest BCUT2D eigenvalue weighted by Crippen LogP contribution is 2.27. The van der Waals surface area contributed by atoms with E-state index in [0.29, 0.717) is 23.6 Å². The zero-order valence-electron chi connectivity index (χ0n) is 17.2. The Morgan fingerprint density at radius 2 is 1.90 bits per heavy atom. The van der Waals surface area contributed by atoms with Crippen LogP contribution in [0.5, 0.6) is 5.75 Å². The molecule has 0 unspecified atom stereocenters. The maximum Gasteiger partial charge on any atom is 0.251 e. The van der Waals surface area contributed by atoms with E-state index in [9.17, 15) is 4.79 Å². The number of thioether (sulfide) groups is 1. The SMILES string of the molecule is COc1ccc(-n2c(C)nnc2SCc2ccccc2C(=O)NCc2ccco2)cc1. The number of ether oxygens (including phenoxy) is 1. The molecule has 0 aliphatic rings. The summed E-state index contributed by atoms with van der Waals surface area (Å²) in [5.41, 5.74) is 2.51. The van der Waals surface area contributed by atoms with Crippen molar-refractivity contribution < 1.29 is 13.9 Å². The van der Waals surface area contributed by atoms with Crippen molar-refractivity contribution in [3.8, 4) is 11.4 Å². The summed E-state index contributed by atoms with van der Waals surface area (Å²) in [5, 5.41) is 12.2. The smallest absolute Gasteiger partial charge is 0.251 e. The lowest BCUT2D eigenvalue weighted by molar-refractivity contribution is 0.0947. The van der Waals surface area contributed by atoms with E-state index >= 15 is 0 Å². The molecule has 4 aromatic rings. The van der Waals surface area contributed by atoms with E-state index in [2.05, 4.69) is 15.5 Å². The molecule has 1 amide bonds. The zero-order valence-corrected chi connectivity index (χ0v) is 18.1. The van der Waals surface area contributed by atoms with Crippen LogP contribution in [0, 0.1) is 6.92 Å². The van der Waals surface area contributed by atoms with Crippen LogP contribution in [-0.2, 0) is 12.3 Å². The van der Waals surface area contributed by atoms with Gasteiger partial charge >= 0.3 is 0 Å². The molecular formula is C23H22N4O3S. The van der Waals surface area contributed by atoms with Crippen molar-refractivity contribution in [3.05, 3.63) is 89.6 Å². The highest BCUT2D eigenvalue weighted by atomic mass is 32.2. The predicted molar refractivity (Wildman–Crippen MR) is 119 cm³/mol. The fourth-order valence-electron chi connectivity index (χ4n) is 3.15. The molecule has 7 nitrogen and oxygen atoms in total. The normalized spacial score (nSPS) is 10.8. The fourth-order valence-corrected chi connectivity index (χ4v) is 4.15. The van der Waals surface area contributed by atoms with Gasteiger partial charge in [-0.15, -0.1) is 10.2 Å². The van der Waals surface area contributed by atoms with Gasteiger partial charge in [0.15, 0.2) is 5.16 Å². The Kier molecular flexibility index (Phi) is 6.37. The maximum absolute atomic E-state index is 12.7. The Balaban J connectivity index is 1.49. The molecule has 0 atom stereocenters. The van der Waals surface area contributed by atoms with Gasteiger partial charge < -0.3 is 14.5 Å². The zero-order chi connectivity index (χ0) is 21.6. The molecule has 0 radical (unpaired) electrons. The van der Waals surface area contributed by atoms with Crippen LogP contribution in [0.1, 0.15) is 27.5 Å². The third-order valence-corrected chi connectivity index (χ3v) is 5.73. The van der Waals surface area contributed by atoms with Gasteiger partial charge in [0, 0.05) is 17.0 Å². The number of benzene rings is 2. The topological polar surface area (TPSA) is 82.2 Å². The molecule has 0 spiro atoms. The summed E-state index contributed by atoms with van der Waals surface area (Å²) in [7, 11) is 1.64. The van der Waals surface area contributed by atoms with Crippen LogP contribution in [0.2, 0.25) is 0 Å². The van der Waals surface area contributed by atoms with E-state index in [1.54, 1.807) is 19.4 Å². The standard InChI is InChI=1S/C23H22N4O3S/c1-16-25-26-23(27(16)18-9-11-19(29-2)12-10-18)31-15-17-6-3-4-8-21(17)22(28)24-14-20-7-5-13-30-20/h3-13H,14-15H2,1-2H3,(H,24,28). The maximum atomic E-state index is 12.7. The Morgan fingerprint density at radius 3 is 2.65 bits per heavy atom. The van der Waals surface area contributed by atoms with Gasteiger partial charge in [0.1, 0.15) is 17.3 Å². The van der Waals surface area contributed by atoms with Gasteiger partial charge in [-0.05, 0) is 55.0 Å². The lowest BCUT2D eigenvalue weighted by atomic mass is 10.1. The van der Waals surface area contributed by atoms with Gasteiger partial charge in [-0.25, -0.2) is 0 Å². The molecule has 0 bridgehead atoms. The quantitative estimate of drug-likeness (QED) is 0.414. The average molecular weight is 435 g/mol. The van der Waals surface area contributed by atoms with E-state index in [4.69, 9.17) is 9.15 Å². The molecule has 0 aliphatic heterocycles. The fraction of sp³-hybridized carbons (Fsp3) is 0.174. The minimum absolute atomic E-state index is 0.139. The number of carbonyl (C=O) groups excluding carboxylic acids is 1. The van der Waals surface area contributed by atoms with E-state index < -0.39 is 0 Å². The Labute approximate surface area is 184 Å². The first kappa shape index (κ1) is 20.7. The summed E-state index contributed by atoms with van der Waals surface area (Å²) < 4.78 is 12.5. The Morgan fingerprint density at radius 1 is 1.10 bits per heavy atom. The van der Waals surface area contributed by atoms with Crippen LogP contribution >= 0.6 is 11.8 Å². The minimum atomic E-state index is -0.139. The lowest BCUT2D eigenvalue weighted by Gasteiger charge is -2.11. The number of aryl methyl sites for hydroxylation is 1. The highest BCUT2D eigenvalue weighted by molar-refractivity contribution is 7.98. The molecule has 158 valence electrons. The second-order valence-corrected chi connectivity index (χ2v) is 7.71. The molecule has 0 saturated heterocycles. The predicted octanol–water partition coefficient (Wildman–Crippen LogP) is 4.40. The van der Waals surface area contributed by atoms with Gasteiger partial charge in [-0.3, -0.25) is 9.36 Å². The molecule has 4 rings (SSSR count). The first-order chi connectivity index (χ1) is 15.2. The molecule has 31 heavy (non-hydrogen) atoms. The van der Waals surface area contributed by atoms with Crippen LogP contribution in [-0.4, -0.2) is 27.8 Å². The number of methoxy groups -OCH3 is 1. The largest absolute Gasteiger partial charge is 0.497 e. The number of hydrogen-bond acceptors (Lipinski definition) is 6. The van der Waals surface area contributed by atoms with Crippen LogP contribution < -0.4 is 10.1 Å². The number of carbonyl (C=O) groups is 1. The second kappa shape index (κ2) is 9.53. The van der Waals surface area contributed by atoms with Crippen molar-refractivity contribution in [3.63, 3.8) is 0 Å². The first-order valence-electron chi connectivity index (χ1n) is 9.73. The number of aromatic nitrogens is 3. The van der Waals surface area contributed by atoms with Gasteiger partial charge in [0.2, 0.25) is 0 Å². The molecule has 8 heteroatoms. The van der Waals surface area contributed by atoms with E-state index in [0.717, 1.165) is 28.0 Å². The van der Waals surface area contributed by atoms with Crippen molar-refractivity contribution in [2.45, 2.75) is 24.4 Å². The molecule has 2 heterocycles. The first-order valence-corrected chi connectivity index (χ1v) is 10.7. The molecule has 2 aromatic heterocycles. The van der Waals surface area contributed by atoms with Crippen LogP contribution in [0.3, 0.4) is 0 Å². The number of nitrogens with zero attached hydrogens (tertiary/aromatic N) is 3. The van der Waals surface area contributed by atoms with Crippen LogP contribution in [0.25, 0.3) is 5.69 Å². The Hall–Kier alpha value is -3.52. The number of rotatable bonds is 8. The molecule has 2 aromatic carbocycles. The molecule has 1 N–H and O–H groups in total. The number of amides is 1.